The van der Waals surface area contributed by atoms with E-state index in [1.807, 2.05) is 12.1 Å². The normalized spacial score (nSPS) is 16.9. The molecule has 1 aromatic heterocycles. The van der Waals surface area contributed by atoms with Gasteiger partial charge >= 0.3 is 0 Å². The first-order valence-corrected chi connectivity index (χ1v) is 8.18. The van der Waals surface area contributed by atoms with Gasteiger partial charge in [0.05, 0.1) is 24.8 Å². The molecule has 0 bridgehead atoms. The molecule has 2 aromatic rings. The lowest BCUT2D eigenvalue weighted by Gasteiger charge is -2.32. The fourth-order valence-electron chi connectivity index (χ4n) is 2.84. The van der Waals surface area contributed by atoms with Gasteiger partial charge in [-0.25, -0.2) is 4.68 Å². The van der Waals surface area contributed by atoms with Crippen molar-refractivity contribution in [3.63, 3.8) is 0 Å². The molecule has 0 aliphatic carbocycles. The molecule has 24 heavy (non-hydrogen) atoms. The van der Waals surface area contributed by atoms with Gasteiger partial charge in [0.15, 0.2) is 0 Å². The Labute approximate surface area is 140 Å². The van der Waals surface area contributed by atoms with Crippen molar-refractivity contribution < 1.29 is 9.53 Å². The lowest BCUT2D eigenvalue weighted by molar-refractivity contribution is -0.122. The first-order valence-electron chi connectivity index (χ1n) is 8.18. The van der Waals surface area contributed by atoms with Crippen LogP contribution in [0.1, 0.15) is 6.92 Å². The molecule has 1 saturated heterocycles. The van der Waals surface area contributed by atoms with Crippen molar-refractivity contribution in [3.05, 3.63) is 40.8 Å². The van der Waals surface area contributed by atoms with Crippen molar-refractivity contribution in [1.29, 1.82) is 0 Å². The average Bonchev–Trinajstić information content (AvgIpc) is 2.63. The number of amides is 1. The molecule has 7 nitrogen and oxygen atoms in total. The number of aromatic nitrogens is 2. The Bertz CT molecular complexity index is 768. The van der Waals surface area contributed by atoms with Gasteiger partial charge in [-0.15, -0.1) is 0 Å². The zero-order valence-corrected chi connectivity index (χ0v) is 13.8. The fraction of sp³-hybridized carbons (Fsp3) is 0.471. The molecule has 128 valence electrons. The largest absolute Gasteiger partial charge is 0.379 e. The Morgan fingerprint density at radius 2 is 2.08 bits per heavy atom. The van der Waals surface area contributed by atoms with E-state index in [1.54, 1.807) is 18.3 Å². The number of nitrogens with one attached hydrogen (secondary N) is 1. The topological polar surface area (TPSA) is 76.5 Å². The van der Waals surface area contributed by atoms with Crippen molar-refractivity contribution in [2.45, 2.75) is 19.5 Å². The van der Waals surface area contributed by atoms with Gasteiger partial charge in [-0.2, -0.15) is 5.10 Å². The molecule has 1 atom stereocenters. The molecule has 7 heteroatoms. The molecule has 3 rings (SSSR count). The molecular weight excluding hydrogens is 308 g/mol. The molecular formula is C17H22N4O3. The molecule has 0 saturated carbocycles. The third kappa shape index (κ3) is 3.80. The van der Waals surface area contributed by atoms with E-state index >= 15 is 0 Å². The van der Waals surface area contributed by atoms with E-state index in [2.05, 4.69) is 22.2 Å². The Morgan fingerprint density at radius 1 is 1.33 bits per heavy atom. The highest BCUT2D eigenvalue weighted by molar-refractivity contribution is 5.81. The maximum Gasteiger partial charge on any atom is 0.275 e. The summed E-state index contributed by atoms with van der Waals surface area (Å²) in [7, 11) is 0. The third-order valence-electron chi connectivity index (χ3n) is 4.32. The van der Waals surface area contributed by atoms with Crippen molar-refractivity contribution >= 4 is 16.7 Å². The van der Waals surface area contributed by atoms with E-state index in [9.17, 15) is 9.59 Å². The average molecular weight is 330 g/mol. The standard InChI is InChI=1S/C17H22N4O3/c1-13(20-6-8-24-9-7-20)10-18-16(22)12-21-17(23)15-5-3-2-4-14(15)11-19-21/h2-5,11,13H,6-10,12H2,1H3,(H,18,22)/t13-/m1/s1. The Morgan fingerprint density at radius 3 is 2.88 bits per heavy atom. The second kappa shape index (κ2) is 7.55. The lowest BCUT2D eigenvalue weighted by atomic mass is 10.2. The summed E-state index contributed by atoms with van der Waals surface area (Å²) in [6, 6.07) is 7.47. The van der Waals surface area contributed by atoms with Crippen LogP contribution in [0.3, 0.4) is 0 Å². The zero-order chi connectivity index (χ0) is 16.9. The highest BCUT2D eigenvalue weighted by Gasteiger charge is 2.17. The highest BCUT2D eigenvalue weighted by atomic mass is 16.5. The predicted octanol–water partition coefficient (Wildman–Crippen LogP) is 0.233. The highest BCUT2D eigenvalue weighted by Crippen LogP contribution is 2.06. The van der Waals surface area contributed by atoms with Gasteiger partial charge in [0.2, 0.25) is 5.91 Å². The number of ether oxygens (including phenoxy) is 1. The fourth-order valence-corrected chi connectivity index (χ4v) is 2.84. The molecule has 0 radical (unpaired) electrons. The first-order chi connectivity index (χ1) is 11.6. The molecule has 1 aliphatic heterocycles. The second-order valence-electron chi connectivity index (χ2n) is 6.00. The summed E-state index contributed by atoms with van der Waals surface area (Å²) >= 11 is 0. The quantitative estimate of drug-likeness (QED) is 0.849. The van der Waals surface area contributed by atoms with Crippen LogP contribution < -0.4 is 10.9 Å². The van der Waals surface area contributed by atoms with Gasteiger partial charge in [-0.1, -0.05) is 18.2 Å². The second-order valence-corrected chi connectivity index (χ2v) is 6.00. The number of rotatable bonds is 5. The Hall–Kier alpha value is -2.25. The maximum atomic E-state index is 12.3. The van der Waals surface area contributed by atoms with Gasteiger partial charge in [0.1, 0.15) is 6.54 Å². The van der Waals surface area contributed by atoms with Crippen LogP contribution in [0, 0.1) is 0 Å². The zero-order valence-electron chi connectivity index (χ0n) is 13.8. The van der Waals surface area contributed by atoms with E-state index in [0.717, 1.165) is 31.7 Å². The SMILES string of the molecule is C[C@H](CNC(=O)Cn1ncc2ccccc2c1=O)N1CCOCC1. The van der Waals surface area contributed by atoms with Crippen LogP contribution in [-0.4, -0.2) is 59.5 Å². The van der Waals surface area contributed by atoms with Crippen molar-refractivity contribution in [2.24, 2.45) is 0 Å². The minimum Gasteiger partial charge on any atom is -0.379 e. The Balaban J connectivity index is 1.59. The van der Waals surface area contributed by atoms with Crippen molar-refractivity contribution in [2.75, 3.05) is 32.8 Å². The van der Waals surface area contributed by atoms with Crippen LogP contribution in [-0.2, 0) is 16.1 Å². The van der Waals surface area contributed by atoms with E-state index < -0.39 is 0 Å². The van der Waals surface area contributed by atoms with Crippen molar-refractivity contribution in [1.82, 2.24) is 20.0 Å². The first kappa shape index (κ1) is 16.6. The van der Waals surface area contributed by atoms with E-state index in [-0.39, 0.29) is 24.1 Å². The maximum absolute atomic E-state index is 12.3. The number of fused-ring (bicyclic) bond motifs is 1. The smallest absolute Gasteiger partial charge is 0.275 e. The number of carbonyl (C=O) groups is 1. The van der Waals surface area contributed by atoms with Crippen molar-refractivity contribution in [3.8, 4) is 0 Å². The molecule has 2 heterocycles. The summed E-state index contributed by atoms with van der Waals surface area (Å²) in [4.78, 5) is 26.8. The van der Waals surface area contributed by atoms with Gasteiger partial charge in [0, 0.05) is 31.1 Å². The molecule has 1 aliphatic rings. The minimum absolute atomic E-state index is 0.0699. The monoisotopic (exact) mass is 330 g/mol. The number of carbonyl (C=O) groups excluding carboxylic acids is 1. The number of morpholine rings is 1. The summed E-state index contributed by atoms with van der Waals surface area (Å²) in [5.41, 5.74) is -0.246. The summed E-state index contributed by atoms with van der Waals surface area (Å²) in [5.74, 6) is -0.208. The molecule has 1 amide bonds. The molecule has 0 unspecified atom stereocenters. The van der Waals surface area contributed by atoms with Crippen LogP contribution in [0.15, 0.2) is 35.3 Å². The predicted molar refractivity (Wildman–Crippen MR) is 90.9 cm³/mol. The van der Waals surface area contributed by atoms with Gasteiger partial charge in [-0.05, 0) is 13.0 Å². The number of hydrogen-bond donors (Lipinski definition) is 1. The molecule has 0 spiro atoms. The number of hydrogen-bond acceptors (Lipinski definition) is 5. The van der Waals surface area contributed by atoms with Gasteiger partial charge in [-0.3, -0.25) is 14.5 Å². The van der Waals surface area contributed by atoms with Crippen LogP contribution >= 0.6 is 0 Å². The number of benzene rings is 1. The van der Waals surface area contributed by atoms with E-state index in [1.165, 1.54) is 4.68 Å². The molecule has 1 aromatic carbocycles. The lowest BCUT2D eigenvalue weighted by Crippen LogP contribution is -2.48. The van der Waals surface area contributed by atoms with E-state index in [4.69, 9.17) is 4.74 Å². The molecule has 1 N–H and O–H groups in total. The Kier molecular flexibility index (Phi) is 5.22. The van der Waals surface area contributed by atoms with Gasteiger partial charge < -0.3 is 10.1 Å². The minimum atomic E-state index is -0.246. The summed E-state index contributed by atoms with van der Waals surface area (Å²) in [6.45, 7) is 5.77. The molecule has 1 fully saturated rings. The van der Waals surface area contributed by atoms with Gasteiger partial charge in [0.25, 0.3) is 5.56 Å². The summed E-state index contributed by atoms with van der Waals surface area (Å²) < 4.78 is 6.53. The third-order valence-corrected chi connectivity index (χ3v) is 4.32. The van der Waals surface area contributed by atoms with Crippen LogP contribution in [0.2, 0.25) is 0 Å². The van der Waals surface area contributed by atoms with E-state index in [0.29, 0.717) is 11.9 Å². The van der Waals surface area contributed by atoms with Crippen LogP contribution in [0.4, 0.5) is 0 Å². The summed E-state index contributed by atoms with van der Waals surface area (Å²) in [5, 5.41) is 8.31. The summed E-state index contributed by atoms with van der Waals surface area (Å²) in [6.07, 6.45) is 1.61. The van der Waals surface area contributed by atoms with Crippen LogP contribution in [0.5, 0.6) is 0 Å². The van der Waals surface area contributed by atoms with Crippen LogP contribution in [0.25, 0.3) is 10.8 Å². The number of nitrogens with zero attached hydrogens (tertiary/aromatic N) is 3.